The Kier molecular flexibility index (Phi) is 6.82. The molecular weight excluding hydrogens is 448 g/mol. The highest BCUT2D eigenvalue weighted by Gasteiger charge is 2.39. The molecule has 0 spiro atoms. The molecule has 1 fully saturated rings. The predicted molar refractivity (Wildman–Crippen MR) is 141 cm³/mol. The minimum atomic E-state index is -0.623. The molecule has 5 rings (SSSR count). The van der Waals surface area contributed by atoms with Gasteiger partial charge in [0.2, 0.25) is 5.91 Å². The molecule has 2 amide bonds. The van der Waals surface area contributed by atoms with Crippen LogP contribution in [-0.4, -0.2) is 41.3 Å². The van der Waals surface area contributed by atoms with E-state index in [1.807, 2.05) is 42.5 Å². The molecule has 36 heavy (non-hydrogen) atoms. The van der Waals surface area contributed by atoms with Gasteiger partial charge < -0.3 is 14.5 Å². The number of fused-ring (bicyclic) bond motifs is 1. The van der Waals surface area contributed by atoms with Crippen LogP contribution in [0.5, 0.6) is 5.75 Å². The lowest BCUT2D eigenvalue weighted by Crippen LogP contribution is -2.41. The number of benzene rings is 3. The first-order chi connectivity index (χ1) is 17.4. The second-order valence-corrected chi connectivity index (χ2v) is 10.2. The first-order valence-corrected chi connectivity index (χ1v) is 12.9. The number of carbonyl (C=O) groups is 2. The molecule has 0 saturated heterocycles. The summed E-state index contributed by atoms with van der Waals surface area (Å²) in [5.41, 5.74) is 5.70. The van der Waals surface area contributed by atoms with Gasteiger partial charge in [-0.3, -0.25) is 9.59 Å². The van der Waals surface area contributed by atoms with Crippen LogP contribution in [0.3, 0.4) is 0 Å². The average molecular weight is 483 g/mol. The summed E-state index contributed by atoms with van der Waals surface area (Å²) in [7, 11) is 1.80. The fraction of sp³-hybridized carbons (Fsp3) is 0.355. The predicted octanol–water partition coefficient (Wildman–Crippen LogP) is 5.31. The van der Waals surface area contributed by atoms with E-state index in [9.17, 15) is 9.59 Å². The van der Waals surface area contributed by atoms with Crippen LogP contribution in [0.2, 0.25) is 0 Å². The molecule has 1 aliphatic carbocycles. The lowest BCUT2D eigenvalue weighted by molar-refractivity contribution is -0.137. The van der Waals surface area contributed by atoms with Crippen LogP contribution in [0.15, 0.2) is 72.8 Å². The van der Waals surface area contributed by atoms with Crippen molar-refractivity contribution in [2.75, 3.05) is 13.6 Å². The van der Waals surface area contributed by atoms with Gasteiger partial charge >= 0.3 is 0 Å². The van der Waals surface area contributed by atoms with Crippen molar-refractivity contribution in [2.24, 2.45) is 5.92 Å². The van der Waals surface area contributed by atoms with Gasteiger partial charge in [0, 0.05) is 26.1 Å². The average Bonchev–Trinajstić information content (AvgIpc) is 3.74. The van der Waals surface area contributed by atoms with Crippen molar-refractivity contribution in [2.45, 2.75) is 51.8 Å². The first kappa shape index (κ1) is 24.1. The molecule has 0 aromatic heterocycles. The minimum absolute atomic E-state index is 0.0720. The Morgan fingerprint density at radius 1 is 1.03 bits per heavy atom. The molecule has 5 heteroatoms. The molecule has 2 aliphatic rings. The van der Waals surface area contributed by atoms with Crippen molar-refractivity contribution in [3.05, 3.63) is 101 Å². The Balaban J connectivity index is 1.38. The highest BCUT2D eigenvalue weighted by atomic mass is 16.5. The topological polar surface area (TPSA) is 49.9 Å². The third-order valence-electron chi connectivity index (χ3n) is 7.25. The standard InChI is InChI=1S/C31H34N2O3/c1-21-9-11-25(12-10-21)29-28-19-27(16-15-24(28)17-18-33(29)31(35)26-13-14-26)36-22(2)30(34)32(3)20-23-7-5-4-6-8-23/h4-12,15-16,19,22,26,29H,13-14,17-18,20H2,1-3H3/t22-,29+/m0/s1. The summed E-state index contributed by atoms with van der Waals surface area (Å²) in [5.74, 6) is 0.998. The summed E-state index contributed by atoms with van der Waals surface area (Å²) < 4.78 is 6.17. The van der Waals surface area contributed by atoms with Crippen molar-refractivity contribution in [1.29, 1.82) is 0 Å². The number of carbonyl (C=O) groups excluding carboxylic acids is 2. The largest absolute Gasteiger partial charge is 0.481 e. The molecule has 2 atom stereocenters. The van der Waals surface area contributed by atoms with E-state index in [2.05, 4.69) is 42.2 Å². The molecular formula is C31H34N2O3. The monoisotopic (exact) mass is 482 g/mol. The molecule has 3 aromatic carbocycles. The number of hydrogen-bond donors (Lipinski definition) is 0. The van der Waals surface area contributed by atoms with Gasteiger partial charge in [0.25, 0.3) is 5.91 Å². The number of hydrogen-bond acceptors (Lipinski definition) is 3. The smallest absolute Gasteiger partial charge is 0.263 e. The van der Waals surface area contributed by atoms with Crippen LogP contribution in [0.4, 0.5) is 0 Å². The van der Waals surface area contributed by atoms with Crippen LogP contribution in [0.25, 0.3) is 0 Å². The third-order valence-corrected chi connectivity index (χ3v) is 7.25. The molecule has 1 aliphatic heterocycles. The lowest BCUT2D eigenvalue weighted by atomic mass is 9.87. The van der Waals surface area contributed by atoms with Gasteiger partial charge in [0.1, 0.15) is 5.75 Å². The summed E-state index contributed by atoms with van der Waals surface area (Å²) in [4.78, 5) is 30.0. The zero-order valence-electron chi connectivity index (χ0n) is 21.3. The fourth-order valence-corrected chi connectivity index (χ4v) is 5.08. The first-order valence-electron chi connectivity index (χ1n) is 12.9. The highest BCUT2D eigenvalue weighted by Crippen LogP contribution is 2.41. The zero-order valence-corrected chi connectivity index (χ0v) is 21.3. The zero-order chi connectivity index (χ0) is 25.2. The van der Waals surface area contributed by atoms with Gasteiger partial charge in [-0.05, 0) is 67.5 Å². The van der Waals surface area contributed by atoms with Crippen LogP contribution < -0.4 is 4.74 Å². The summed E-state index contributed by atoms with van der Waals surface area (Å²) in [5, 5.41) is 0. The maximum Gasteiger partial charge on any atom is 0.263 e. The van der Waals surface area contributed by atoms with Crippen LogP contribution >= 0.6 is 0 Å². The molecule has 3 aromatic rings. The number of aryl methyl sites for hydroxylation is 1. The fourth-order valence-electron chi connectivity index (χ4n) is 5.08. The Bertz CT molecular complexity index is 1230. The van der Waals surface area contributed by atoms with Gasteiger partial charge in [-0.15, -0.1) is 0 Å². The molecule has 5 nitrogen and oxygen atoms in total. The van der Waals surface area contributed by atoms with Gasteiger partial charge in [0.05, 0.1) is 6.04 Å². The summed E-state index contributed by atoms with van der Waals surface area (Å²) >= 11 is 0. The number of nitrogens with zero attached hydrogens (tertiary/aromatic N) is 2. The summed E-state index contributed by atoms with van der Waals surface area (Å²) in [6, 6.07) is 24.3. The Morgan fingerprint density at radius 3 is 2.44 bits per heavy atom. The number of likely N-dealkylation sites (N-methyl/N-ethyl adjacent to an activating group) is 1. The Hall–Kier alpha value is -3.60. The lowest BCUT2D eigenvalue weighted by Gasteiger charge is -2.38. The molecule has 1 saturated carbocycles. The van der Waals surface area contributed by atoms with E-state index < -0.39 is 6.10 Å². The SMILES string of the molecule is Cc1ccc([C@@H]2c3cc(O[C@@H](C)C(=O)N(C)Cc4ccccc4)ccc3CCN2C(=O)C2CC2)cc1. The molecule has 0 unspecified atom stereocenters. The maximum absolute atomic E-state index is 13.2. The summed E-state index contributed by atoms with van der Waals surface area (Å²) in [6.45, 7) is 5.13. The second-order valence-electron chi connectivity index (χ2n) is 10.2. The molecule has 0 radical (unpaired) electrons. The van der Waals surface area contributed by atoms with E-state index in [0.29, 0.717) is 12.3 Å². The summed E-state index contributed by atoms with van der Waals surface area (Å²) in [6.07, 6.45) is 2.18. The van der Waals surface area contributed by atoms with E-state index in [4.69, 9.17) is 4.74 Å². The maximum atomic E-state index is 13.2. The Morgan fingerprint density at radius 2 is 1.75 bits per heavy atom. The minimum Gasteiger partial charge on any atom is -0.481 e. The highest BCUT2D eigenvalue weighted by molar-refractivity contribution is 5.82. The van der Waals surface area contributed by atoms with E-state index >= 15 is 0 Å². The number of amides is 2. The quantitative estimate of drug-likeness (QED) is 0.459. The van der Waals surface area contributed by atoms with E-state index in [-0.39, 0.29) is 23.8 Å². The van der Waals surface area contributed by atoms with Crippen molar-refractivity contribution in [3.63, 3.8) is 0 Å². The van der Waals surface area contributed by atoms with E-state index in [1.54, 1.807) is 18.9 Å². The van der Waals surface area contributed by atoms with Gasteiger partial charge in [0.15, 0.2) is 6.10 Å². The number of rotatable bonds is 7. The van der Waals surface area contributed by atoms with Gasteiger partial charge in [-0.25, -0.2) is 0 Å². The van der Waals surface area contributed by atoms with Crippen molar-refractivity contribution in [1.82, 2.24) is 9.80 Å². The van der Waals surface area contributed by atoms with Gasteiger partial charge in [-0.2, -0.15) is 0 Å². The third kappa shape index (κ3) is 5.15. The van der Waals surface area contributed by atoms with Crippen LogP contribution in [0, 0.1) is 12.8 Å². The molecule has 0 N–H and O–H groups in total. The van der Waals surface area contributed by atoms with Crippen molar-refractivity contribution in [3.8, 4) is 5.75 Å². The second kappa shape index (κ2) is 10.2. The molecule has 0 bridgehead atoms. The number of ether oxygens (including phenoxy) is 1. The van der Waals surface area contributed by atoms with Crippen molar-refractivity contribution < 1.29 is 14.3 Å². The van der Waals surface area contributed by atoms with Crippen LogP contribution in [0.1, 0.15) is 53.6 Å². The normalized spacial score (nSPS) is 17.8. The molecule has 186 valence electrons. The molecule has 1 heterocycles. The van der Waals surface area contributed by atoms with Gasteiger partial charge in [-0.1, -0.05) is 66.2 Å². The van der Waals surface area contributed by atoms with Crippen LogP contribution in [-0.2, 0) is 22.6 Å². The van der Waals surface area contributed by atoms with E-state index in [1.165, 1.54) is 11.1 Å². The van der Waals surface area contributed by atoms with Crippen molar-refractivity contribution >= 4 is 11.8 Å². The Labute approximate surface area is 213 Å². The van der Waals surface area contributed by atoms with E-state index in [0.717, 1.165) is 42.5 Å².